The first-order chi connectivity index (χ1) is 19.8. The van der Waals surface area contributed by atoms with Gasteiger partial charge in [-0.15, -0.1) is 0 Å². The van der Waals surface area contributed by atoms with Gasteiger partial charge >= 0.3 is 12.1 Å². The Bertz CT molecular complexity index is 1500. The van der Waals surface area contributed by atoms with Crippen LogP contribution in [0.4, 0.5) is 27.6 Å². The van der Waals surface area contributed by atoms with Gasteiger partial charge in [0.1, 0.15) is 29.8 Å². The standard InChI is InChI=1S/C28H24F5N5O4/c29-16-3-1-2-14(8-16)9-21(35-23(39)22(15-4-5-15)37-26(42)28(31,32)33)24(40)38-13-27(11-18(38)12-34)19-10-17(30)6-7-20(19)36-25(27)41/h1-3,6-8,10,15,18,21-22H,4-5,9,11,13H2,(H,35,39)(H,36,41)(H,37,42)/t18-,21-,22-,27-/m0/s1. The number of amides is 4. The molecule has 0 radical (unpaired) electrons. The molecule has 1 saturated heterocycles. The summed E-state index contributed by atoms with van der Waals surface area (Å²) < 4.78 is 66.9. The molecule has 220 valence electrons. The smallest absolute Gasteiger partial charge is 0.342 e. The van der Waals surface area contributed by atoms with E-state index in [0.717, 1.165) is 29.2 Å². The van der Waals surface area contributed by atoms with Crippen molar-refractivity contribution < 1.29 is 41.1 Å². The zero-order chi connectivity index (χ0) is 30.4. The van der Waals surface area contributed by atoms with E-state index in [-0.39, 0.29) is 30.5 Å². The molecule has 9 nitrogen and oxygen atoms in total. The summed E-state index contributed by atoms with van der Waals surface area (Å²) in [4.78, 5) is 52.9. The van der Waals surface area contributed by atoms with Gasteiger partial charge in [0.25, 0.3) is 0 Å². The molecule has 4 amide bonds. The summed E-state index contributed by atoms with van der Waals surface area (Å²) in [6.07, 6.45) is -4.99. The third-order valence-corrected chi connectivity index (χ3v) is 7.83. The van der Waals surface area contributed by atoms with Crippen molar-refractivity contribution in [3.8, 4) is 6.07 Å². The average Bonchev–Trinajstić information content (AvgIpc) is 3.64. The average molecular weight is 590 g/mol. The van der Waals surface area contributed by atoms with E-state index in [1.807, 2.05) is 6.07 Å². The Kier molecular flexibility index (Phi) is 7.38. The van der Waals surface area contributed by atoms with Crippen molar-refractivity contribution in [1.82, 2.24) is 15.5 Å². The lowest BCUT2D eigenvalue weighted by molar-refractivity contribution is -0.175. The van der Waals surface area contributed by atoms with Crippen LogP contribution in [0.1, 0.15) is 30.4 Å². The highest BCUT2D eigenvalue weighted by atomic mass is 19.4. The Morgan fingerprint density at radius 1 is 1.10 bits per heavy atom. The molecule has 0 unspecified atom stereocenters. The van der Waals surface area contributed by atoms with Crippen molar-refractivity contribution >= 4 is 29.3 Å². The molecule has 3 aliphatic rings. The lowest BCUT2D eigenvalue weighted by atomic mass is 9.79. The maximum Gasteiger partial charge on any atom is 0.471 e. The lowest BCUT2D eigenvalue weighted by Gasteiger charge is -2.29. The van der Waals surface area contributed by atoms with E-state index >= 15 is 0 Å². The zero-order valence-electron chi connectivity index (χ0n) is 21.8. The molecule has 4 atom stereocenters. The second kappa shape index (κ2) is 10.7. The summed E-state index contributed by atoms with van der Waals surface area (Å²) in [5.41, 5.74) is -0.621. The van der Waals surface area contributed by atoms with Crippen LogP contribution in [0.25, 0.3) is 0 Å². The molecule has 1 saturated carbocycles. The fraction of sp³-hybridized carbons (Fsp3) is 0.393. The minimum Gasteiger partial charge on any atom is -0.342 e. The SMILES string of the molecule is N#C[C@@H]1C[C@@]2(CN1C(=O)[C@H](Cc1cccc(F)c1)NC(=O)[C@@H](NC(=O)C(F)(F)F)C1CC1)C(=O)Nc1ccc(F)cc12. The topological polar surface area (TPSA) is 131 Å². The largest absolute Gasteiger partial charge is 0.471 e. The number of rotatable bonds is 7. The van der Waals surface area contributed by atoms with Gasteiger partial charge in [0, 0.05) is 25.1 Å². The Morgan fingerprint density at radius 2 is 1.81 bits per heavy atom. The molecular formula is C28H24F5N5O4. The molecule has 42 heavy (non-hydrogen) atoms. The van der Waals surface area contributed by atoms with Crippen LogP contribution in [-0.2, 0) is 31.0 Å². The van der Waals surface area contributed by atoms with Crippen LogP contribution in [0.5, 0.6) is 0 Å². The molecule has 2 heterocycles. The van der Waals surface area contributed by atoms with Gasteiger partial charge in [-0.2, -0.15) is 18.4 Å². The van der Waals surface area contributed by atoms with Gasteiger partial charge in [-0.3, -0.25) is 19.2 Å². The molecule has 1 spiro atoms. The van der Waals surface area contributed by atoms with Gasteiger partial charge in [0.05, 0.1) is 11.5 Å². The second-order valence-electron chi connectivity index (χ2n) is 10.7. The van der Waals surface area contributed by atoms with E-state index in [0.29, 0.717) is 18.5 Å². The molecule has 2 aliphatic heterocycles. The molecular weight excluding hydrogens is 565 g/mol. The number of nitrogens with one attached hydrogen (secondary N) is 3. The Balaban J connectivity index is 1.44. The van der Waals surface area contributed by atoms with Crippen molar-refractivity contribution in [2.45, 2.75) is 55.4 Å². The first-order valence-corrected chi connectivity index (χ1v) is 13.1. The molecule has 3 N–H and O–H groups in total. The third-order valence-electron chi connectivity index (χ3n) is 7.83. The molecule has 0 aromatic heterocycles. The number of likely N-dealkylation sites (tertiary alicyclic amines) is 1. The molecule has 0 bridgehead atoms. The van der Waals surface area contributed by atoms with Gasteiger partial charge < -0.3 is 20.9 Å². The highest BCUT2D eigenvalue weighted by Crippen LogP contribution is 2.46. The Labute approximate surface area is 236 Å². The van der Waals surface area contributed by atoms with Crippen LogP contribution in [0.2, 0.25) is 0 Å². The minimum atomic E-state index is -5.24. The normalized spacial score (nSPS) is 22.6. The number of halogens is 5. The maximum atomic E-state index is 14.2. The number of hydrogen-bond donors (Lipinski definition) is 3. The third kappa shape index (κ3) is 5.50. The predicted octanol–water partition coefficient (Wildman–Crippen LogP) is 2.46. The fourth-order valence-electron chi connectivity index (χ4n) is 5.61. The van der Waals surface area contributed by atoms with Gasteiger partial charge in [0.2, 0.25) is 17.7 Å². The number of carbonyl (C=O) groups is 4. The quantitative estimate of drug-likeness (QED) is 0.427. The number of benzene rings is 2. The monoisotopic (exact) mass is 589 g/mol. The van der Waals surface area contributed by atoms with Crippen molar-refractivity contribution in [3.05, 3.63) is 65.2 Å². The molecule has 2 fully saturated rings. The van der Waals surface area contributed by atoms with Crippen LogP contribution < -0.4 is 16.0 Å². The lowest BCUT2D eigenvalue weighted by Crippen LogP contribution is -2.57. The Morgan fingerprint density at radius 3 is 2.45 bits per heavy atom. The van der Waals surface area contributed by atoms with Crippen LogP contribution in [0.15, 0.2) is 42.5 Å². The second-order valence-corrected chi connectivity index (χ2v) is 10.7. The summed E-state index contributed by atoms with van der Waals surface area (Å²) >= 11 is 0. The molecule has 14 heteroatoms. The summed E-state index contributed by atoms with van der Waals surface area (Å²) in [7, 11) is 0. The van der Waals surface area contributed by atoms with Crippen LogP contribution in [0, 0.1) is 28.9 Å². The highest BCUT2D eigenvalue weighted by Gasteiger charge is 2.57. The summed E-state index contributed by atoms with van der Waals surface area (Å²) in [5, 5.41) is 16.6. The van der Waals surface area contributed by atoms with Gasteiger partial charge in [-0.1, -0.05) is 12.1 Å². The molecule has 2 aromatic carbocycles. The van der Waals surface area contributed by atoms with Crippen LogP contribution in [0.3, 0.4) is 0 Å². The first-order valence-electron chi connectivity index (χ1n) is 13.1. The van der Waals surface area contributed by atoms with Gasteiger partial charge in [-0.25, -0.2) is 8.78 Å². The van der Waals surface area contributed by atoms with Crippen molar-refractivity contribution in [1.29, 1.82) is 5.26 Å². The number of anilines is 1. The van der Waals surface area contributed by atoms with E-state index in [4.69, 9.17) is 0 Å². The van der Waals surface area contributed by atoms with E-state index in [1.54, 1.807) is 5.32 Å². The zero-order valence-corrected chi connectivity index (χ0v) is 21.8. The van der Waals surface area contributed by atoms with E-state index in [2.05, 4.69) is 10.6 Å². The van der Waals surface area contributed by atoms with Crippen molar-refractivity contribution in [2.75, 3.05) is 11.9 Å². The highest BCUT2D eigenvalue weighted by molar-refractivity contribution is 6.07. The first kappa shape index (κ1) is 29.0. The number of carbonyl (C=O) groups excluding carboxylic acids is 4. The fourth-order valence-corrected chi connectivity index (χ4v) is 5.61. The van der Waals surface area contributed by atoms with Crippen LogP contribution >= 0.6 is 0 Å². The van der Waals surface area contributed by atoms with E-state index in [9.17, 15) is 46.4 Å². The number of nitrogens with zero attached hydrogens (tertiary/aromatic N) is 2. The van der Waals surface area contributed by atoms with Gasteiger partial charge in [0.15, 0.2) is 0 Å². The number of alkyl halides is 3. The summed E-state index contributed by atoms with van der Waals surface area (Å²) in [5.74, 6) is -6.64. The summed E-state index contributed by atoms with van der Waals surface area (Å²) in [6.45, 7) is -0.348. The van der Waals surface area contributed by atoms with Crippen molar-refractivity contribution in [3.63, 3.8) is 0 Å². The van der Waals surface area contributed by atoms with E-state index in [1.165, 1.54) is 18.2 Å². The van der Waals surface area contributed by atoms with Crippen LogP contribution in [-0.4, -0.2) is 59.4 Å². The van der Waals surface area contributed by atoms with Gasteiger partial charge in [-0.05, 0) is 60.2 Å². The Hall–Kier alpha value is -4.54. The predicted molar refractivity (Wildman–Crippen MR) is 135 cm³/mol. The number of hydrogen-bond acceptors (Lipinski definition) is 5. The minimum absolute atomic E-state index is 0.176. The van der Waals surface area contributed by atoms with Crippen molar-refractivity contribution in [2.24, 2.45) is 5.92 Å². The number of fused-ring (bicyclic) bond motifs is 2. The number of nitriles is 1. The molecule has 5 rings (SSSR count). The molecule has 2 aromatic rings. The molecule has 1 aliphatic carbocycles. The maximum absolute atomic E-state index is 14.2. The summed E-state index contributed by atoms with van der Waals surface area (Å²) in [6, 6.07) is 6.43. The van der Waals surface area contributed by atoms with E-state index < -0.39 is 70.9 Å².